The Morgan fingerprint density at radius 3 is 2.00 bits per heavy atom. The molecule has 4 rings (SSSR count). The summed E-state index contributed by atoms with van der Waals surface area (Å²) in [4.78, 5) is 3.83. The number of rotatable bonds is 9. The summed E-state index contributed by atoms with van der Waals surface area (Å²) in [5.74, 6) is 1.55. The van der Waals surface area contributed by atoms with Gasteiger partial charge >= 0.3 is 0 Å². The number of aliphatic hydroxyl groups is 1. The van der Waals surface area contributed by atoms with Crippen LogP contribution in [0.4, 0.5) is 5.69 Å². The van der Waals surface area contributed by atoms with Gasteiger partial charge in [0.15, 0.2) is 0 Å². The minimum absolute atomic E-state index is 0.302. The molecule has 0 aromatic heterocycles. The fourth-order valence-corrected chi connectivity index (χ4v) is 3.88. The van der Waals surface area contributed by atoms with E-state index in [0.717, 1.165) is 43.2 Å². The van der Waals surface area contributed by atoms with Crippen molar-refractivity contribution in [2.45, 2.75) is 12.7 Å². The second-order valence-electron chi connectivity index (χ2n) is 7.99. The van der Waals surface area contributed by atoms with Crippen LogP contribution < -0.4 is 19.3 Å². The Balaban J connectivity index is 1.16. The van der Waals surface area contributed by atoms with Gasteiger partial charge in [-0.25, -0.2) is 0 Å². The summed E-state index contributed by atoms with van der Waals surface area (Å²) < 4.78 is 11.6. The molecule has 0 unspecified atom stereocenters. The number of anilines is 1. The van der Waals surface area contributed by atoms with E-state index in [1.54, 1.807) is 0 Å². The van der Waals surface area contributed by atoms with Crippen molar-refractivity contribution in [2.75, 3.05) is 44.2 Å². The molecule has 0 aliphatic carbocycles. The Morgan fingerprint density at radius 2 is 1.35 bits per heavy atom. The number of para-hydroxylation sites is 1. The molecular weight excluding hydrogens is 388 g/mol. The van der Waals surface area contributed by atoms with Gasteiger partial charge in [0.05, 0.1) is 26.2 Å². The van der Waals surface area contributed by atoms with Gasteiger partial charge in [0.1, 0.15) is 37.4 Å². The third kappa shape index (κ3) is 6.48. The molecule has 1 aliphatic rings. The number of aliphatic hydroxyl groups excluding tert-OH is 1. The van der Waals surface area contributed by atoms with E-state index in [2.05, 4.69) is 29.2 Å². The van der Waals surface area contributed by atoms with Gasteiger partial charge in [-0.2, -0.15) is 0 Å². The summed E-state index contributed by atoms with van der Waals surface area (Å²) in [5.41, 5.74) is 2.42. The lowest BCUT2D eigenvalue weighted by atomic mass is 10.2. The highest BCUT2D eigenvalue weighted by Crippen LogP contribution is 2.19. The maximum Gasteiger partial charge on any atom is 0.137 e. The van der Waals surface area contributed by atoms with Gasteiger partial charge in [0, 0.05) is 5.69 Å². The molecule has 0 radical (unpaired) electrons. The number of ether oxygens (including phenoxy) is 2. The third-order valence-corrected chi connectivity index (χ3v) is 5.63. The van der Waals surface area contributed by atoms with Crippen LogP contribution >= 0.6 is 0 Å². The molecule has 5 heteroatoms. The zero-order chi connectivity index (χ0) is 21.3. The quantitative estimate of drug-likeness (QED) is 0.559. The highest BCUT2D eigenvalue weighted by atomic mass is 16.5. The predicted octanol–water partition coefficient (Wildman–Crippen LogP) is 2.41. The Labute approximate surface area is 184 Å². The van der Waals surface area contributed by atoms with Crippen molar-refractivity contribution >= 4 is 5.69 Å². The number of hydrogen-bond acceptors (Lipinski definition) is 4. The van der Waals surface area contributed by atoms with E-state index < -0.39 is 6.10 Å². The fourth-order valence-electron chi connectivity index (χ4n) is 3.88. The van der Waals surface area contributed by atoms with Crippen LogP contribution in [0.5, 0.6) is 11.5 Å². The van der Waals surface area contributed by atoms with Gasteiger partial charge in [0.25, 0.3) is 0 Å². The lowest BCUT2D eigenvalue weighted by Crippen LogP contribution is -3.16. The van der Waals surface area contributed by atoms with Gasteiger partial charge in [-0.3, -0.25) is 0 Å². The largest absolute Gasteiger partial charge is 0.491 e. The first-order valence-electron chi connectivity index (χ1n) is 11.0. The highest BCUT2D eigenvalue weighted by Gasteiger charge is 2.22. The SMILES string of the molecule is O[C@H](COc1ccc(OCc2ccccc2)cc1)C[NH+]1CCN(c2ccccc2)CC1. The van der Waals surface area contributed by atoms with Crippen LogP contribution in [0.15, 0.2) is 84.9 Å². The number of benzene rings is 3. The van der Waals surface area contributed by atoms with Crippen LogP contribution in [-0.2, 0) is 6.61 Å². The number of quaternary nitrogens is 1. The van der Waals surface area contributed by atoms with E-state index in [4.69, 9.17) is 9.47 Å². The number of piperazine rings is 1. The fraction of sp³-hybridized carbons (Fsp3) is 0.308. The van der Waals surface area contributed by atoms with E-state index in [1.807, 2.05) is 60.7 Å². The number of nitrogens with zero attached hydrogens (tertiary/aromatic N) is 1. The van der Waals surface area contributed by atoms with Crippen molar-refractivity contribution in [3.8, 4) is 11.5 Å². The molecule has 0 spiro atoms. The first kappa shape index (κ1) is 21.2. The van der Waals surface area contributed by atoms with Crippen LogP contribution in [0.1, 0.15) is 5.56 Å². The van der Waals surface area contributed by atoms with E-state index in [-0.39, 0.29) is 0 Å². The van der Waals surface area contributed by atoms with Gasteiger partial charge in [-0.05, 0) is 42.0 Å². The number of nitrogens with one attached hydrogen (secondary N) is 1. The van der Waals surface area contributed by atoms with Gasteiger partial charge in [-0.15, -0.1) is 0 Å². The zero-order valence-electron chi connectivity index (χ0n) is 17.8. The normalized spacial score (nSPS) is 15.5. The average Bonchev–Trinajstić information content (AvgIpc) is 2.84. The maximum absolute atomic E-state index is 10.4. The summed E-state index contributed by atoms with van der Waals surface area (Å²) in [7, 11) is 0. The van der Waals surface area contributed by atoms with Crippen LogP contribution in [0.2, 0.25) is 0 Å². The zero-order valence-corrected chi connectivity index (χ0v) is 17.8. The van der Waals surface area contributed by atoms with Crippen molar-refractivity contribution in [1.82, 2.24) is 0 Å². The third-order valence-electron chi connectivity index (χ3n) is 5.63. The molecule has 5 nitrogen and oxygen atoms in total. The monoisotopic (exact) mass is 419 g/mol. The highest BCUT2D eigenvalue weighted by molar-refractivity contribution is 5.46. The Kier molecular flexibility index (Phi) is 7.42. The summed E-state index contributed by atoms with van der Waals surface area (Å²) in [6.07, 6.45) is -0.479. The van der Waals surface area contributed by atoms with Crippen molar-refractivity contribution < 1.29 is 19.5 Å². The smallest absolute Gasteiger partial charge is 0.137 e. The molecule has 1 atom stereocenters. The minimum Gasteiger partial charge on any atom is -0.491 e. The second kappa shape index (κ2) is 10.8. The van der Waals surface area contributed by atoms with Crippen molar-refractivity contribution in [1.29, 1.82) is 0 Å². The van der Waals surface area contributed by atoms with Crippen LogP contribution in [0, 0.1) is 0 Å². The van der Waals surface area contributed by atoms with Crippen molar-refractivity contribution in [3.63, 3.8) is 0 Å². The summed E-state index contributed by atoms with van der Waals surface area (Å²) in [5, 5.41) is 10.4. The maximum atomic E-state index is 10.4. The molecule has 1 aliphatic heterocycles. The Hall–Kier alpha value is -3.02. The molecule has 31 heavy (non-hydrogen) atoms. The predicted molar refractivity (Wildman–Crippen MR) is 123 cm³/mol. The first-order chi connectivity index (χ1) is 15.3. The lowest BCUT2D eigenvalue weighted by molar-refractivity contribution is -0.903. The molecule has 0 amide bonds. The Bertz CT molecular complexity index is 895. The molecule has 0 saturated carbocycles. The minimum atomic E-state index is -0.479. The summed E-state index contributed by atoms with van der Waals surface area (Å²) in [6.45, 7) is 5.63. The van der Waals surface area contributed by atoms with Crippen molar-refractivity contribution in [3.05, 3.63) is 90.5 Å². The van der Waals surface area contributed by atoms with Crippen LogP contribution in [0.25, 0.3) is 0 Å². The first-order valence-corrected chi connectivity index (χ1v) is 11.0. The second-order valence-corrected chi connectivity index (χ2v) is 7.99. The standard InChI is InChI=1S/C26H30N2O3/c29-24(19-27-15-17-28(18-16-27)23-9-5-2-6-10-23)21-31-26-13-11-25(12-14-26)30-20-22-7-3-1-4-8-22/h1-14,24,29H,15-21H2/p+1/t24-/m0/s1. The van der Waals surface area contributed by atoms with Crippen LogP contribution in [-0.4, -0.2) is 50.5 Å². The molecule has 1 fully saturated rings. The van der Waals surface area contributed by atoms with Crippen molar-refractivity contribution in [2.24, 2.45) is 0 Å². The molecule has 1 saturated heterocycles. The molecule has 3 aromatic carbocycles. The van der Waals surface area contributed by atoms with E-state index >= 15 is 0 Å². The van der Waals surface area contributed by atoms with E-state index in [9.17, 15) is 5.11 Å². The van der Waals surface area contributed by atoms with Gasteiger partial charge in [0.2, 0.25) is 0 Å². The average molecular weight is 420 g/mol. The van der Waals surface area contributed by atoms with E-state index in [0.29, 0.717) is 19.8 Å². The number of hydrogen-bond donors (Lipinski definition) is 2. The van der Waals surface area contributed by atoms with Gasteiger partial charge in [-0.1, -0.05) is 48.5 Å². The van der Waals surface area contributed by atoms with E-state index in [1.165, 1.54) is 10.6 Å². The summed E-state index contributed by atoms with van der Waals surface area (Å²) in [6, 6.07) is 28.2. The van der Waals surface area contributed by atoms with Gasteiger partial charge < -0.3 is 24.4 Å². The topological polar surface area (TPSA) is 46.4 Å². The molecule has 0 bridgehead atoms. The molecule has 3 aromatic rings. The molecule has 2 N–H and O–H groups in total. The lowest BCUT2D eigenvalue weighted by Gasteiger charge is -2.34. The van der Waals surface area contributed by atoms with Crippen LogP contribution in [0.3, 0.4) is 0 Å². The molecular formula is C26H31N2O3+. The Morgan fingerprint density at radius 1 is 0.774 bits per heavy atom. The molecule has 162 valence electrons. The summed E-state index contributed by atoms with van der Waals surface area (Å²) >= 11 is 0. The molecule has 1 heterocycles.